The number of hydrogen-bond donors (Lipinski definition) is 2. The summed E-state index contributed by atoms with van der Waals surface area (Å²) in [5.74, 6) is 0.0808. The van der Waals surface area contributed by atoms with Gasteiger partial charge in [-0.15, -0.1) is 0 Å². The fourth-order valence-corrected chi connectivity index (χ4v) is 3.16. The molecule has 0 bridgehead atoms. The van der Waals surface area contributed by atoms with Crippen LogP contribution in [0.2, 0.25) is 0 Å². The Morgan fingerprint density at radius 1 is 0.875 bits per heavy atom. The van der Waals surface area contributed by atoms with E-state index in [1.807, 2.05) is 54.0 Å². The van der Waals surface area contributed by atoms with E-state index < -0.39 is 11.8 Å². The number of ether oxygens (including phenoxy) is 2. The van der Waals surface area contributed by atoms with E-state index in [-0.39, 0.29) is 6.61 Å². The van der Waals surface area contributed by atoms with Gasteiger partial charge in [0.1, 0.15) is 6.33 Å². The minimum Gasteiger partial charge on any atom is -0.490 e. The summed E-state index contributed by atoms with van der Waals surface area (Å²) in [6.07, 6.45) is 1.74. The Balaban J connectivity index is 1.32. The molecule has 1 heterocycles. The van der Waals surface area contributed by atoms with Crippen LogP contribution >= 0.6 is 0 Å². The van der Waals surface area contributed by atoms with Crippen LogP contribution in [0.25, 0.3) is 16.7 Å². The standard InChI is InChI=1S/C24H22N4O4/c1-2-31-21-9-5-6-10-22(21)32-15-23(29)26-27-24(30)17-11-13-18(14-12-17)28-16-25-19-7-3-4-8-20(19)28/h3-14,16H,2,15H2,1H3,(H,26,29)(H,27,30). The summed E-state index contributed by atoms with van der Waals surface area (Å²) in [6.45, 7) is 2.08. The fourth-order valence-electron chi connectivity index (χ4n) is 3.16. The van der Waals surface area contributed by atoms with Crippen molar-refractivity contribution < 1.29 is 19.1 Å². The first-order valence-corrected chi connectivity index (χ1v) is 10.1. The molecule has 32 heavy (non-hydrogen) atoms. The monoisotopic (exact) mass is 430 g/mol. The molecule has 4 aromatic rings. The fraction of sp³-hybridized carbons (Fsp3) is 0.125. The van der Waals surface area contributed by atoms with Crippen molar-refractivity contribution in [2.45, 2.75) is 6.92 Å². The van der Waals surface area contributed by atoms with E-state index in [0.29, 0.717) is 23.7 Å². The quantitative estimate of drug-likeness (QED) is 0.439. The molecule has 0 unspecified atom stereocenters. The number of para-hydroxylation sites is 4. The summed E-state index contributed by atoms with van der Waals surface area (Å²) in [7, 11) is 0. The van der Waals surface area contributed by atoms with Gasteiger partial charge < -0.3 is 9.47 Å². The molecule has 0 atom stereocenters. The predicted molar refractivity (Wildman–Crippen MR) is 120 cm³/mol. The smallest absolute Gasteiger partial charge is 0.276 e. The SMILES string of the molecule is CCOc1ccccc1OCC(=O)NNC(=O)c1ccc(-n2cnc3ccccc32)cc1. The number of nitrogens with one attached hydrogen (secondary N) is 2. The summed E-state index contributed by atoms with van der Waals surface area (Å²) < 4.78 is 12.9. The second-order valence-corrected chi connectivity index (χ2v) is 6.82. The summed E-state index contributed by atoms with van der Waals surface area (Å²) in [4.78, 5) is 28.8. The van der Waals surface area contributed by atoms with Gasteiger partial charge in [0.25, 0.3) is 11.8 Å². The van der Waals surface area contributed by atoms with Crippen LogP contribution in [-0.4, -0.2) is 34.6 Å². The maximum absolute atomic E-state index is 12.4. The van der Waals surface area contributed by atoms with Crippen LogP contribution in [0.15, 0.2) is 79.1 Å². The van der Waals surface area contributed by atoms with Gasteiger partial charge in [0.05, 0.1) is 17.6 Å². The van der Waals surface area contributed by atoms with Gasteiger partial charge in [0, 0.05) is 11.3 Å². The highest BCUT2D eigenvalue weighted by molar-refractivity contribution is 5.95. The van der Waals surface area contributed by atoms with Crippen molar-refractivity contribution in [2.75, 3.05) is 13.2 Å². The van der Waals surface area contributed by atoms with Gasteiger partial charge in [-0.1, -0.05) is 24.3 Å². The van der Waals surface area contributed by atoms with Crippen LogP contribution in [0.4, 0.5) is 0 Å². The molecular weight excluding hydrogens is 408 g/mol. The molecule has 0 aliphatic heterocycles. The van der Waals surface area contributed by atoms with Gasteiger partial charge in [0.15, 0.2) is 18.1 Å². The van der Waals surface area contributed by atoms with Gasteiger partial charge in [-0.25, -0.2) is 4.98 Å². The van der Waals surface area contributed by atoms with Crippen molar-refractivity contribution in [3.05, 3.63) is 84.7 Å². The van der Waals surface area contributed by atoms with E-state index in [1.165, 1.54) is 0 Å². The van der Waals surface area contributed by atoms with Gasteiger partial charge in [-0.3, -0.25) is 25.0 Å². The zero-order valence-corrected chi connectivity index (χ0v) is 17.4. The van der Waals surface area contributed by atoms with Crippen LogP contribution in [0.3, 0.4) is 0 Å². The number of aromatic nitrogens is 2. The predicted octanol–water partition coefficient (Wildman–Crippen LogP) is 3.26. The van der Waals surface area contributed by atoms with E-state index >= 15 is 0 Å². The lowest BCUT2D eigenvalue weighted by Crippen LogP contribution is -2.43. The highest BCUT2D eigenvalue weighted by Crippen LogP contribution is 2.26. The maximum Gasteiger partial charge on any atom is 0.276 e. The van der Waals surface area contributed by atoms with Crippen LogP contribution in [0.1, 0.15) is 17.3 Å². The Morgan fingerprint density at radius 2 is 1.56 bits per heavy atom. The summed E-state index contributed by atoms with van der Waals surface area (Å²) in [5.41, 5.74) is 7.89. The molecule has 3 aromatic carbocycles. The minimum absolute atomic E-state index is 0.267. The van der Waals surface area contributed by atoms with Crippen LogP contribution < -0.4 is 20.3 Å². The normalized spacial score (nSPS) is 10.5. The average molecular weight is 430 g/mol. The molecule has 8 nitrogen and oxygen atoms in total. The topological polar surface area (TPSA) is 94.5 Å². The third-order valence-corrected chi connectivity index (χ3v) is 4.68. The molecule has 0 aliphatic carbocycles. The maximum atomic E-state index is 12.4. The average Bonchev–Trinajstić information content (AvgIpc) is 3.26. The lowest BCUT2D eigenvalue weighted by molar-refractivity contribution is -0.123. The summed E-state index contributed by atoms with van der Waals surface area (Å²) >= 11 is 0. The number of rotatable bonds is 7. The molecule has 2 amide bonds. The Bertz CT molecular complexity index is 1230. The number of imidazole rings is 1. The first-order valence-electron chi connectivity index (χ1n) is 10.1. The van der Waals surface area contributed by atoms with E-state index in [0.717, 1.165) is 16.7 Å². The number of carbonyl (C=O) groups is 2. The lowest BCUT2D eigenvalue weighted by Gasteiger charge is -2.12. The zero-order chi connectivity index (χ0) is 22.3. The molecule has 8 heteroatoms. The summed E-state index contributed by atoms with van der Waals surface area (Å²) in [6, 6.07) is 21.9. The second kappa shape index (κ2) is 9.65. The number of carbonyl (C=O) groups excluding carboxylic acids is 2. The molecule has 2 N–H and O–H groups in total. The van der Waals surface area contributed by atoms with Crippen molar-refractivity contribution >= 4 is 22.8 Å². The highest BCUT2D eigenvalue weighted by atomic mass is 16.5. The van der Waals surface area contributed by atoms with Crippen LogP contribution in [0.5, 0.6) is 11.5 Å². The number of amides is 2. The van der Waals surface area contributed by atoms with Crippen LogP contribution in [-0.2, 0) is 4.79 Å². The van der Waals surface area contributed by atoms with Crippen molar-refractivity contribution in [1.82, 2.24) is 20.4 Å². The molecular formula is C24H22N4O4. The molecule has 1 aromatic heterocycles. The molecule has 0 aliphatic rings. The lowest BCUT2D eigenvalue weighted by atomic mass is 10.2. The van der Waals surface area contributed by atoms with Crippen molar-refractivity contribution in [2.24, 2.45) is 0 Å². The largest absolute Gasteiger partial charge is 0.490 e. The number of hydrazine groups is 1. The van der Waals surface area contributed by atoms with Crippen molar-refractivity contribution in [3.8, 4) is 17.2 Å². The zero-order valence-electron chi connectivity index (χ0n) is 17.4. The summed E-state index contributed by atoms with van der Waals surface area (Å²) in [5, 5.41) is 0. The molecule has 0 radical (unpaired) electrons. The van der Waals surface area contributed by atoms with Crippen molar-refractivity contribution in [1.29, 1.82) is 0 Å². The Kier molecular flexibility index (Phi) is 6.31. The Morgan fingerprint density at radius 3 is 2.31 bits per heavy atom. The third kappa shape index (κ3) is 4.70. The second-order valence-electron chi connectivity index (χ2n) is 6.82. The Hall–Kier alpha value is -4.33. The first-order chi connectivity index (χ1) is 15.7. The highest BCUT2D eigenvalue weighted by Gasteiger charge is 2.11. The van der Waals surface area contributed by atoms with E-state index in [9.17, 15) is 9.59 Å². The molecule has 0 spiro atoms. The number of hydrogen-bond acceptors (Lipinski definition) is 5. The van der Waals surface area contributed by atoms with E-state index in [2.05, 4.69) is 15.8 Å². The third-order valence-electron chi connectivity index (χ3n) is 4.68. The van der Waals surface area contributed by atoms with Crippen LogP contribution in [0, 0.1) is 0 Å². The van der Waals surface area contributed by atoms with Gasteiger partial charge in [-0.2, -0.15) is 0 Å². The molecule has 0 fully saturated rings. The molecule has 162 valence electrons. The number of benzene rings is 3. The molecule has 0 saturated heterocycles. The van der Waals surface area contributed by atoms with Crippen molar-refractivity contribution in [3.63, 3.8) is 0 Å². The Labute approximate surface area is 184 Å². The first kappa shape index (κ1) is 20.9. The number of fused-ring (bicyclic) bond motifs is 1. The number of nitrogens with zero attached hydrogens (tertiary/aromatic N) is 2. The minimum atomic E-state index is -0.494. The molecule has 0 saturated carbocycles. The van der Waals surface area contributed by atoms with E-state index in [1.54, 1.807) is 36.7 Å². The van der Waals surface area contributed by atoms with E-state index in [4.69, 9.17) is 9.47 Å². The van der Waals surface area contributed by atoms with Gasteiger partial charge >= 0.3 is 0 Å². The van der Waals surface area contributed by atoms with Gasteiger partial charge in [0.2, 0.25) is 0 Å². The molecule has 4 rings (SSSR count). The van der Waals surface area contributed by atoms with Gasteiger partial charge in [-0.05, 0) is 55.5 Å².